The Morgan fingerprint density at radius 3 is 2.51 bits per heavy atom. The zero-order valence-electron chi connectivity index (χ0n) is 18.8. The van der Waals surface area contributed by atoms with E-state index in [4.69, 9.17) is 9.15 Å². The normalized spacial score (nSPS) is 10.9. The molecule has 3 aromatic carbocycles. The van der Waals surface area contributed by atoms with E-state index in [2.05, 4.69) is 15.5 Å². The van der Waals surface area contributed by atoms with Crippen LogP contribution in [0.4, 0.5) is 11.4 Å². The highest BCUT2D eigenvalue weighted by molar-refractivity contribution is 6.03. The van der Waals surface area contributed by atoms with Gasteiger partial charge in [0.05, 0.1) is 29.4 Å². The molecule has 0 aliphatic heterocycles. The number of nitro groups is 1. The van der Waals surface area contributed by atoms with Gasteiger partial charge in [0.1, 0.15) is 22.5 Å². The van der Waals surface area contributed by atoms with Crippen LogP contribution in [0.5, 0.6) is 5.75 Å². The van der Waals surface area contributed by atoms with Gasteiger partial charge in [-0.3, -0.25) is 14.9 Å². The number of fused-ring (bicyclic) bond motifs is 1. The van der Waals surface area contributed by atoms with E-state index in [1.807, 2.05) is 31.2 Å². The number of hydrogen-bond donors (Lipinski definition) is 1. The molecule has 0 saturated carbocycles. The number of ether oxygens (including phenoxy) is 1. The number of aryl methyl sites for hydroxylation is 1. The Bertz CT molecular complexity index is 1570. The Hall–Kier alpha value is -4.99. The van der Waals surface area contributed by atoms with Crippen LogP contribution in [-0.4, -0.2) is 32.9 Å². The third-order valence-corrected chi connectivity index (χ3v) is 5.39. The van der Waals surface area contributed by atoms with Crippen molar-refractivity contribution >= 4 is 28.3 Å². The highest BCUT2D eigenvalue weighted by Crippen LogP contribution is 2.34. The SMILES string of the molecule is COc1cc([N+](=O)[O-])ccc1-c1ccc(C(=O)Nc2ccc3nn(-c4ccc(C)cc4)nc3c2)o1. The lowest BCUT2D eigenvalue weighted by Gasteiger charge is -2.06. The average Bonchev–Trinajstić information content (AvgIpc) is 3.51. The zero-order chi connectivity index (χ0) is 24.5. The molecule has 0 bridgehead atoms. The van der Waals surface area contributed by atoms with E-state index in [0.717, 1.165) is 11.3 Å². The highest BCUT2D eigenvalue weighted by Gasteiger charge is 2.18. The minimum absolute atomic E-state index is 0.0730. The first kappa shape index (κ1) is 21.8. The minimum Gasteiger partial charge on any atom is -0.496 e. The summed E-state index contributed by atoms with van der Waals surface area (Å²) in [6, 6.07) is 20.4. The van der Waals surface area contributed by atoms with Crippen molar-refractivity contribution in [3.63, 3.8) is 0 Å². The summed E-state index contributed by atoms with van der Waals surface area (Å²) in [6.07, 6.45) is 0. The molecule has 0 radical (unpaired) electrons. The lowest BCUT2D eigenvalue weighted by atomic mass is 10.1. The molecule has 0 fully saturated rings. The number of aromatic nitrogens is 3. The Labute approximate surface area is 198 Å². The summed E-state index contributed by atoms with van der Waals surface area (Å²) in [4.78, 5) is 24.8. The highest BCUT2D eigenvalue weighted by atomic mass is 16.6. The van der Waals surface area contributed by atoms with Crippen LogP contribution >= 0.6 is 0 Å². The van der Waals surface area contributed by atoms with Gasteiger partial charge < -0.3 is 14.5 Å². The third-order valence-electron chi connectivity index (χ3n) is 5.39. The predicted octanol–water partition coefficient (Wildman–Crippen LogP) is 5.16. The number of carbonyl (C=O) groups excluding carboxylic acids is 1. The first-order valence-corrected chi connectivity index (χ1v) is 10.6. The van der Waals surface area contributed by atoms with Crippen molar-refractivity contribution in [2.24, 2.45) is 0 Å². The van der Waals surface area contributed by atoms with E-state index in [9.17, 15) is 14.9 Å². The van der Waals surface area contributed by atoms with Gasteiger partial charge in [-0.25, -0.2) is 0 Å². The fourth-order valence-corrected chi connectivity index (χ4v) is 3.58. The fraction of sp³-hybridized carbons (Fsp3) is 0.0800. The van der Waals surface area contributed by atoms with Gasteiger partial charge in [-0.2, -0.15) is 4.80 Å². The molecule has 2 aromatic heterocycles. The quantitative estimate of drug-likeness (QED) is 0.269. The van der Waals surface area contributed by atoms with E-state index in [1.54, 1.807) is 29.1 Å². The molecule has 1 N–H and O–H groups in total. The molecule has 0 aliphatic carbocycles. The number of nitrogens with one attached hydrogen (secondary N) is 1. The molecular weight excluding hydrogens is 450 g/mol. The molecule has 0 atom stereocenters. The second-order valence-corrected chi connectivity index (χ2v) is 7.79. The Balaban J connectivity index is 1.36. The van der Waals surface area contributed by atoms with Crippen molar-refractivity contribution in [2.45, 2.75) is 6.92 Å². The molecule has 10 nitrogen and oxygen atoms in total. The van der Waals surface area contributed by atoms with E-state index in [0.29, 0.717) is 28.0 Å². The second-order valence-electron chi connectivity index (χ2n) is 7.79. The maximum Gasteiger partial charge on any atom is 0.291 e. The van der Waals surface area contributed by atoms with Gasteiger partial charge in [0.2, 0.25) is 0 Å². The van der Waals surface area contributed by atoms with Crippen LogP contribution in [0.2, 0.25) is 0 Å². The number of methoxy groups -OCH3 is 1. The van der Waals surface area contributed by atoms with E-state index < -0.39 is 10.8 Å². The Morgan fingerprint density at radius 1 is 1.00 bits per heavy atom. The number of benzene rings is 3. The summed E-state index contributed by atoms with van der Waals surface area (Å²) >= 11 is 0. The van der Waals surface area contributed by atoms with Crippen molar-refractivity contribution in [2.75, 3.05) is 12.4 Å². The lowest BCUT2D eigenvalue weighted by Crippen LogP contribution is -2.10. The van der Waals surface area contributed by atoms with E-state index >= 15 is 0 Å². The van der Waals surface area contributed by atoms with Crippen molar-refractivity contribution in [3.05, 3.63) is 94.2 Å². The molecule has 10 heteroatoms. The fourth-order valence-electron chi connectivity index (χ4n) is 3.58. The van der Waals surface area contributed by atoms with Crippen LogP contribution in [-0.2, 0) is 0 Å². The topological polar surface area (TPSA) is 125 Å². The molecule has 174 valence electrons. The first-order chi connectivity index (χ1) is 16.9. The van der Waals surface area contributed by atoms with Crippen LogP contribution in [0.25, 0.3) is 28.0 Å². The number of nitrogens with zero attached hydrogens (tertiary/aromatic N) is 4. The summed E-state index contributed by atoms with van der Waals surface area (Å²) in [5.74, 6) is 0.229. The van der Waals surface area contributed by atoms with Crippen molar-refractivity contribution in [3.8, 4) is 22.8 Å². The second kappa shape index (κ2) is 8.75. The number of amides is 1. The van der Waals surface area contributed by atoms with Crippen LogP contribution < -0.4 is 10.1 Å². The number of rotatable bonds is 6. The van der Waals surface area contributed by atoms with E-state index in [-0.39, 0.29) is 17.2 Å². The van der Waals surface area contributed by atoms with Gasteiger partial charge in [0.15, 0.2) is 5.76 Å². The summed E-state index contributed by atoms with van der Waals surface area (Å²) < 4.78 is 11.0. The Kier molecular flexibility index (Phi) is 5.46. The van der Waals surface area contributed by atoms with Gasteiger partial charge in [0.25, 0.3) is 11.6 Å². The molecule has 5 rings (SSSR count). The number of anilines is 1. The maximum absolute atomic E-state index is 12.8. The molecule has 0 saturated heterocycles. The summed E-state index contributed by atoms with van der Waals surface area (Å²) in [5.41, 5.74) is 4.21. The molecular formula is C25H19N5O5. The molecule has 0 aliphatic rings. The predicted molar refractivity (Wildman–Crippen MR) is 129 cm³/mol. The van der Waals surface area contributed by atoms with Crippen LogP contribution in [0.1, 0.15) is 16.1 Å². The standard InChI is InChI=1S/C25H19N5O5/c1-15-3-6-17(7-4-15)29-27-20-10-5-16(13-21(20)28-29)26-25(31)23-12-11-22(35-23)19-9-8-18(30(32)33)14-24(19)34-2/h3-14H,1-2H3,(H,26,31). The molecule has 0 unspecified atom stereocenters. The lowest BCUT2D eigenvalue weighted by molar-refractivity contribution is -0.384. The molecule has 2 heterocycles. The number of hydrogen-bond acceptors (Lipinski definition) is 7. The number of nitro benzene ring substituents is 1. The van der Waals surface area contributed by atoms with Gasteiger partial charge in [-0.05, 0) is 55.5 Å². The number of non-ortho nitro benzene ring substituents is 1. The van der Waals surface area contributed by atoms with Gasteiger partial charge in [-0.15, -0.1) is 10.2 Å². The van der Waals surface area contributed by atoms with Crippen LogP contribution in [0.3, 0.4) is 0 Å². The van der Waals surface area contributed by atoms with Gasteiger partial charge in [-0.1, -0.05) is 17.7 Å². The summed E-state index contributed by atoms with van der Waals surface area (Å²) in [6.45, 7) is 2.01. The largest absolute Gasteiger partial charge is 0.496 e. The molecule has 0 spiro atoms. The van der Waals surface area contributed by atoms with Crippen molar-refractivity contribution in [1.29, 1.82) is 0 Å². The monoisotopic (exact) mass is 469 g/mol. The number of carbonyl (C=O) groups is 1. The average molecular weight is 469 g/mol. The third kappa shape index (κ3) is 4.32. The molecule has 5 aromatic rings. The molecule has 1 amide bonds. The van der Waals surface area contributed by atoms with E-state index in [1.165, 1.54) is 31.4 Å². The Morgan fingerprint density at radius 2 is 1.77 bits per heavy atom. The first-order valence-electron chi connectivity index (χ1n) is 10.6. The van der Waals surface area contributed by atoms with Gasteiger partial charge >= 0.3 is 0 Å². The van der Waals surface area contributed by atoms with Crippen LogP contribution in [0.15, 0.2) is 77.2 Å². The maximum atomic E-state index is 12.8. The number of furan rings is 1. The van der Waals surface area contributed by atoms with Gasteiger partial charge in [0, 0.05) is 11.8 Å². The zero-order valence-corrected chi connectivity index (χ0v) is 18.8. The molecule has 35 heavy (non-hydrogen) atoms. The summed E-state index contributed by atoms with van der Waals surface area (Å²) in [7, 11) is 1.41. The van der Waals surface area contributed by atoms with Crippen molar-refractivity contribution < 1.29 is 18.9 Å². The van der Waals surface area contributed by atoms with Crippen molar-refractivity contribution in [1.82, 2.24) is 15.0 Å². The smallest absolute Gasteiger partial charge is 0.291 e. The summed E-state index contributed by atoms with van der Waals surface area (Å²) in [5, 5.41) is 22.8. The van der Waals surface area contributed by atoms with Crippen LogP contribution in [0, 0.1) is 17.0 Å². The minimum atomic E-state index is -0.510.